The lowest BCUT2D eigenvalue weighted by molar-refractivity contribution is -0.152. The molecule has 1 aliphatic carbocycles. The molecule has 1 unspecified atom stereocenters. The first kappa shape index (κ1) is 31.0. The average Bonchev–Trinajstić information content (AvgIpc) is 3.54. The van der Waals surface area contributed by atoms with Crippen LogP contribution in [0.4, 0.5) is 4.79 Å². The Balaban J connectivity index is 1.41. The minimum atomic E-state index is -0.976. The zero-order valence-corrected chi connectivity index (χ0v) is 24.9. The second-order valence-electron chi connectivity index (χ2n) is 11.8. The van der Waals surface area contributed by atoms with Gasteiger partial charge in [-0.1, -0.05) is 70.2 Å². The predicted octanol–water partition coefficient (Wildman–Crippen LogP) is 3.17. The van der Waals surface area contributed by atoms with E-state index >= 15 is 0 Å². The number of β-amino-alcohol motifs (C(OH)–C–C–N with tert-alkyl or cyclic N) is 1. The van der Waals surface area contributed by atoms with Crippen LogP contribution in [0.2, 0.25) is 0 Å². The van der Waals surface area contributed by atoms with E-state index in [9.17, 15) is 24.3 Å². The maximum Gasteiger partial charge on any atom is 0.408 e. The van der Waals surface area contributed by atoms with E-state index in [1.807, 2.05) is 38.1 Å². The van der Waals surface area contributed by atoms with Crippen molar-refractivity contribution in [1.29, 1.82) is 0 Å². The van der Waals surface area contributed by atoms with Gasteiger partial charge in [0.25, 0.3) is 0 Å². The number of carbonyl (C=O) groups excluding carboxylic acids is 4. The molecule has 10 nitrogen and oxygen atoms in total. The highest BCUT2D eigenvalue weighted by Gasteiger charge is 2.43. The van der Waals surface area contributed by atoms with Crippen LogP contribution in [0.25, 0.3) is 11.1 Å². The van der Waals surface area contributed by atoms with Gasteiger partial charge in [-0.25, -0.2) is 9.59 Å². The molecular formula is C32H41N3O7. The second-order valence-corrected chi connectivity index (χ2v) is 11.8. The van der Waals surface area contributed by atoms with E-state index in [4.69, 9.17) is 9.47 Å². The molecule has 0 saturated carbocycles. The van der Waals surface area contributed by atoms with Crippen LogP contribution < -0.4 is 10.6 Å². The average molecular weight is 580 g/mol. The zero-order valence-electron chi connectivity index (χ0n) is 24.9. The maximum atomic E-state index is 13.5. The van der Waals surface area contributed by atoms with E-state index in [0.717, 1.165) is 23.1 Å². The number of methoxy groups -OCH3 is 1. The summed E-state index contributed by atoms with van der Waals surface area (Å²) in [5, 5.41) is 15.6. The largest absolute Gasteiger partial charge is 0.467 e. The smallest absolute Gasteiger partial charge is 0.408 e. The molecule has 1 saturated heterocycles. The summed E-state index contributed by atoms with van der Waals surface area (Å²) >= 11 is 0. The van der Waals surface area contributed by atoms with Crippen molar-refractivity contribution in [3.05, 3.63) is 59.2 Å². The molecule has 0 aromatic heterocycles. The third-order valence-electron chi connectivity index (χ3n) is 7.89. The molecule has 3 N–H and O–H groups in total. The number of likely N-dealkylation sites (tertiary alicyclic amines) is 1. The van der Waals surface area contributed by atoms with Crippen molar-refractivity contribution in [2.24, 2.45) is 11.8 Å². The summed E-state index contributed by atoms with van der Waals surface area (Å²) in [6.07, 6.45) is -0.447. The highest BCUT2D eigenvalue weighted by Crippen LogP contribution is 2.38. The Morgan fingerprint density at radius 1 is 1.00 bits per heavy atom. The lowest BCUT2D eigenvalue weighted by atomic mass is 9.99. The Hall–Kier alpha value is -3.92. The highest BCUT2D eigenvalue weighted by atomic mass is 16.5. The van der Waals surface area contributed by atoms with E-state index in [2.05, 4.69) is 28.8 Å². The number of benzene rings is 2. The number of fused-ring (bicyclic) bond motifs is 3. The van der Waals surface area contributed by atoms with Crippen molar-refractivity contribution in [3.63, 3.8) is 0 Å². The molecule has 0 bridgehead atoms. The van der Waals surface area contributed by atoms with E-state index in [0.29, 0.717) is 6.42 Å². The molecule has 0 spiro atoms. The monoisotopic (exact) mass is 579 g/mol. The summed E-state index contributed by atoms with van der Waals surface area (Å²) in [5.41, 5.74) is 5.57. The molecule has 2 aromatic carbocycles. The number of alkyl carbamates (subject to hydrolysis) is 1. The number of ether oxygens (including phenoxy) is 2. The van der Waals surface area contributed by atoms with Crippen LogP contribution in [0, 0.1) is 11.8 Å². The van der Waals surface area contributed by atoms with Crippen molar-refractivity contribution in [2.75, 3.05) is 13.7 Å². The van der Waals surface area contributed by atoms with Gasteiger partial charge in [0.15, 0.2) is 0 Å². The molecular weight excluding hydrogens is 538 g/mol. The van der Waals surface area contributed by atoms with Crippen molar-refractivity contribution in [3.8, 4) is 11.1 Å². The van der Waals surface area contributed by atoms with E-state index in [1.165, 1.54) is 23.1 Å². The normalized spacial score (nSPS) is 18.7. The van der Waals surface area contributed by atoms with Crippen molar-refractivity contribution < 1.29 is 33.8 Å². The molecule has 3 amide bonds. The Morgan fingerprint density at radius 2 is 1.71 bits per heavy atom. The van der Waals surface area contributed by atoms with Crippen molar-refractivity contribution in [2.45, 2.75) is 77.8 Å². The Morgan fingerprint density at radius 3 is 2.40 bits per heavy atom. The van der Waals surface area contributed by atoms with Crippen LogP contribution >= 0.6 is 0 Å². The molecule has 1 heterocycles. The Bertz CT molecular complexity index is 1320. The van der Waals surface area contributed by atoms with Gasteiger partial charge in [-0.3, -0.25) is 9.59 Å². The highest BCUT2D eigenvalue weighted by molar-refractivity contribution is 5.93. The van der Waals surface area contributed by atoms with Gasteiger partial charge in [0.05, 0.1) is 13.2 Å². The predicted molar refractivity (Wildman–Crippen MR) is 156 cm³/mol. The van der Waals surface area contributed by atoms with Gasteiger partial charge >= 0.3 is 12.1 Å². The van der Waals surface area contributed by atoms with Crippen LogP contribution in [0.3, 0.4) is 0 Å². The summed E-state index contributed by atoms with van der Waals surface area (Å²) in [6, 6.07) is 11.3. The summed E-state index contributed by atoms with van der Waals surface area (Å²) in [5.74, 6) is -1.91. The molecule has 4 rings (SSSR count). The molecule has 4 atom stereocenters. The number of nitrogens with zero attached hydrogens (tertiary/aromatic N) is 1. The number of carbonyl (C=O) groups is 4. The standard InChI is InChI=1S/C32H41N3O7/c1-18(2)13-26(29(37)34-28(19(3)4)30(38)35-16-22(36)15-27(35)31(39)41-5)33-32(40)42-17-21-10-8-12-24-23-11-7-6-9-20(23)14-25(21)24/h6-12,18-19,22,26-28,36H,13-17H2,1-5H3,(H,33,40)(H,34,37)/t22?,26-,27+,28-/m0/s1. The fraction of sp³-hybridized carbons (Fsp3) is 0.500. The molecule has 42 heavy (non-hydrogen) atoms. The summed E-state index contributed by atoms with van der Waals surface area (Å²) in [7, 11) is 1.22. The Kier molecular flexibility index (Phi) is 9.88. The number of amides is 3. The molecule has 1 fully saturated rings. The van der Waals surface area contributed by atoms with Gasteiger partial charge in [-0.2, -0.15) is 0 Å². The van der Waals surface area contributed by atoms with Crippen molar-refractivity contribution in [1.82, 2.24) is 15.5 Å². The Labute approximate surface area is 246 Å². The minimum Gasteiger partial charge on any atom is -0.467 e. The lowest BCUT2D eigenvalue weighted by Gasteiger charge is -2.31. The van der Waals surface area contributed by atoms with Crippen LogP contribution in [0.5, 0.6) is 0 Å². The molecule has 2 aromatic rings. The molecule has 1 aliphatic heterocycles. The van der Waals surface area contributed by atoms with Crippen LogP contribution in [0.1, 0.15) is 57.2 Å². The number of aliphatic hydroxyl groups is 1. The van der Waals surface area contributed by atoms with Gasteiger partial charge in [0, 0.05) is 13.0 Å². The van der Waals surface area contributed by atoms with Gasteiger partial charge in [-0.15, -0.1) is 0 Å². The third-order valence-corrected chi connectivity index (χ3v) is 7.89. The third kappa shape index (κ3) is 6.92. The van der Waals surface area contributed by atoms with Crippen LogP contribution in [-0.2, 0) is 36.9 Å². The van der Waals surface area contributed by atoms with Gasteiger partial charge in [0.1, 0.15) is 24.7 Å². The van der Waals surface area contributed by atoms with E-state index in [-0.39, 0.29) is 31.4 Å². The number of esters is 1. The quantitative estimate of drug-likeness (QED) is 0.314. The molecule has 0 radical (unpaired) electrons. The van der Waals surface area contributed by atoms with Gasteiger partial charge in [0.2, 0.25) is 11.8 Å². The lowest BCUT2D eigenvalue weighted by Crippen LogP contribution is -2.57. The van der Waals surface area contributed by atoms with Crippen LogP contribution in [-0.4, -0.2) is 71.8 Å². The van der Waals surface area contributed by atoms with Gasteiger partial charge < -0.3 is 30.1 Å². The first-order valence-electron chi connectivity index (χ1n) is 14.5. The van der Waals surface area contributed by atoms with Crippen LogP contribution in [0.15, 0.2) is 42.5 Å². The first-order valence-corrected chi connectivity index (χ1v) is 14.5. The molecule has 2 aliphatic rings. The molecule has 226 valence electrons. The fourth-order valence-electron chi connectivity index (χ4n) is 5.75. The second kappa shape index (κ2) is 13.4. The number of hydrogen-bond donors (Lipinski definition) is 3. The maximum absolute atomic E-state index is 13.5. The molecule has 10 heteroatoms. The van der Waals surface area contributed by atoms with E-state index < -0.39 is 48.1 Å². The topological polar surface area (TPSA) is 134 Å². The number of nitrogens with one attached hydrogen (secondary N) is 2. The van der Waals surface area contributed by atoms with Gasteiger partial charge in [-0.05, 0) is 52.5 Å². The summed E-state index contributed by atoms with van der Waals surface area (Å²) in [6.45, 7) is 7.42. The van der Waals surface area contributed by atoms with Crippen molar-refractivity contribution >= 4 is 23.9 Å². The SMILES string of the molecule is COC(=O)[C@H]1CC(O)CN1C(=O)[C@@H](NC(=O)[C@H](CC(C)C)NC(=O)OCc1cccc2c1Cc1ccccc1-2)C(C)C. The number of aliphatic hydroxyl groups excluding tert-OH is 1. The number of hydrogen-bond acceptors (Lipinski definition) is 7. The fourth-order valence-corrected chi connectivity index (χ4v) is 5.75. The summed E-state index contributed by atoms with van der Waals surface area (Å²) < 4.78 is 10.4. The zero-order chi connectivity index (χ0) is 30.6. The summed E-state index contributed by atoms with van der Waals surface area (Å²) in [4.78, 5) is 53.3. The first-order chi connectivity index (χ1) is 20.0. The minimum absolute atomic E-state index is 0.0358. The number of rotatable bonds is 10. The van der Waals surface area contributed by atoms with E-state index in [1.54, 1.807) is 13.8 Å².